The van der Waals surface area contributed by atoms with Crippen LogP contribution in [0.4, 0.5) is 27.0 Å². The molecule has 12 rings (SSSR count). The Morgan fingerprint density at radius 2 is 1.02 bits per heavy atom. The first kappa shape index (κ1) is 65.0. The summed E-state index contributed by atoms with van der Waals surface area (Å²) in [5, 5.41) is 43.0. The molecule has 0 bridgehead atoms. The monoisotopic (exact) mass is 1300 g/mol. The molecular weight excluding hydrogens is 1220 g/mol. The van der Waals surface area contributed by atoms with Crippen LogP contribution in [0, 0.1) is 25.7 Å². The number of benzene rings is 3. The molecule has 3 aliphatic rings. The lowest BCUT2D eigenvalue weighted by atomic mass is 10.0. The first-order valence-electron chi connectivity index (χ1n) is 30.5. The summed E-state index contributed by atoms with van der Waals surface area (Å²) in [5.41, 5.74) is 4.08. The number of nitrogens with zero attached hydrogens (tertiary/aromatic N) is 11. The van der Waals surface area contributed by atoms with E-state index in [1.807, 2.05) is 83.3 Å². The molecule has 476 valence electrons. The van der Waals surface area contributed by atoms with Crippen LogP contribution in [-0.4, -0.2) is 165 Å². The number of ether oxygens (including phenoxy) is 2. The molecule has 21 nitrogen and oxygen atoms in total. The van der Waals surface area contributed by atoms with Crippen LogP contribution in [0.25, 0.3) is 64.8 Å². The van der Waals surface area contributed by atoms with Gasteiger partial charge in [0.05, 0.1) is 51.8 Å². The number of fused-ring (bicyclic) bond motifs is 3. The summed E-state index contributed by atoms with van der Waals surface area (Å²) in [7, 11) is -3.20. The molecule has 0 atom stereocenters. The van der Waals surface area contributed by atoms with Crippen molar-refractivity contribution in [1.29, 1.82) is 0 Å². The third kappa shape index (κ3) is 15.4. The molecule has 3 saturated heterocycles. The zero-order valence-electron chi connectivity index (χ0n) is 51.8. The van der Waals surface area contributed by atoms with E-state index >= 15 is 0 Å². The SMILES string of the molecule is CC(C)COC(=O)N1CCN(c2nc(-c3ccccc3O)nc3sccc23)CC1.CCCCS(=O)(=O)N1CCN(c2nc(-c3ccccc3O)nc3scc(C)c23)CC1.Cc1csc2nc(-c3ccccc3O)nc(N3CCC(NC(=O)OCC(C)C)CC3)c12. The highest BCUT2D eigenvalue weighted by molar-refractivity contribution is 7.89. The summed E-state index contributed by atoms with van der Waals surface area (Å²) in [6.45, 7) is 21.2. The van der Waals surface area contributed by atoms with Crippen molar-refractivity contribution in [2.24, 2.45) is 11.8 Å². The van der Waals surface area contributed by atoms with Gasteiger partial charge in [-0.25, -0.2) is 47.9 Å². The zero-order chi connectivity index (χ0) is 63.6. The number of piperidine rings is 1. The van der Waals surface area contributed by atoms with Gasteiger partial charge in [0.15, 0.2) is 17.5 Å². The Kier molecular flexibility index (Phi) is 21.2. The van der Waals surface area contributed by atoms with E-state index in [0.29, 0.717) is 118 Å². The van der Waals surface area contributed by atoms with Crippen molar-refractivity contribution < 1.29 is 42.8 Å². The van der Waals surface area contributed by atoms with Crippen LogP contribution in [0.1, 0.15) is 71.4 Å². The minimum absolute atomic E-state index is 0.0921. The normalized spacial score (nSPS) is 15.1. The summed E-state index contributed by atoms with van der Waals surface area (Å²) >= 11 is 4.70. The predicted molar refractivity (Wildman–Crippen MR) is 360 cm³/mol. The maximum absolute atomic E-state index is 12.5. The quantitative estimate of drug-likeness (QED) is 0.0744. The van der Waals surface area contributed by atoms with Gasteiger partial charge in [-0.2, -0.15) is 4.31 Å². The van der Waals surface area contributed by atoms with Crippen molar-refractivity contribution in [3.05, 3.63) is 106 Å². The van der Waals surface area contributed by atoms with Gasteiger partial charge in [-0.1, -0.05) is 77.4 Å². The Morgan fingerprint density at radius 1 is 0.578 bits per heavy atom. The Hall–Kier alpha value is -7.97. The Balaban J connectivity index is 0.000000149. The van der Waals surface area contributed by atoms with Gasteiger partial charge in [-0.3, -0.25) is 0 Å². The number of thiophene rings is 3. The van der Waals surface area contributed by atoms with Crippen LogP contribution in [0.5, 0.6) is 17.2 Å². The number of hydrogen-bond donors (Lipinski definition) is 4. The molecule has 4 N–H and O–H groups in total. The van der Waals surface area contributed by atoms with E-state index < -0.39 is 10.0 Å². The van der Waals surface area contributed by atoms with E-state index in [0.717, 1.165) is 91.6 Å². The van der Waals surface area contributed by atoms with Crippen LogP contribution in [-0.2, 0) is 19.5 Å². The number of carbonyl (C=O) groups is 2. The number of sulfonamides is 1. The van der Waals surface area contributed by atoms with Gasteiger partial charge >= 0.3 is 12.2 Å². The number of alkyl carbamates (subject to hydrolysis) is 1. The molecule has 6 aromatic heterocycles. The number of para-hydroxylation sites is 3. The van der Waals surface area contributed by atoms with E-state index in [1.54, 1.807) is 85.7 Å². The van der Waals surface area contributed by atoms with Gasteiger partial charge in [0, 0.05) is 71.5 Å². The molecule has 3 aromatic carbocycles. The number of nitrogens with one attached hydrogen (secondary N) is 1. The highest BCUT2D eigenvalue weighted by Gasteiger charge is 2.31. The lowest BCUT2D eigenvalue weighted by Crippen LogP contribution is -2.49. The van der Waals surface area contributed by atoms with Crippen LogP contribution < -0.4 is 20.0 Å². The molecule has 0 radical (unpaired) electrons. The van der Waals surface area contributed by atoms with Crippen molar-refractivity contribution >= 4 is 104 Å². The second-order valence-electron chi connectivity index (χ2n) is 23.4. The van der Waals surface area contributed by atoms with E-state index in [4.69, 9.17) is 29.4 Å². The highest BCUT2D eigenvalue weighted by Crippen LogP contribution is 2.39. The highest BCUT2D eigenvalue weighted by atomic mass is 32.2. The van der Waals surface area contributed by atoms with Gasteiger partial charge in [-0.05, 0) is 115 Å². The predicted octanol–water partition coefficient (Wildman–Crippen LogP) is 12.3. The molecule has 3 aliphatic heterocycles. The van der Waals surface area contributed by atoms with Crippen LogP contribution in [0.2, 0.25) is 0 Å². The fraction of sp³-hybridized carbons (Fsp3) is 0.415. The Bertz CT molecular complexity index is 4060. The first-order valence-corrected chi connectivity index (χ1v) is 34.8. The number of piperazine rings is 2. The molecule has 90 heavy (non-hydrogen) atoms. The van der Waals surface area contributed by atoms with Gasteiger partial charge in [0.25, 0.3) is 0 Å². The third-order valence-corrected chi connectivity index (χ3v) is 20.4. The van der Waals surface area contributed by atoms with Gasteiger partial charge in [0.2, 0.25) is 10.0 Å². The lowest BCUT2D eigenvalue weighted by molar-refractivity contribution is 0.0901. The summed E-state index contributed by atoms with van der Waals surface area (Å²) in [6.07, 6.45) is 2.59. The molecule has 3 fully saturated rings. The molecule has 0 unspecified atom stereocenters. The number of aromatic nitrogens is 6. The second-order valence-corrected chi connectivity index (χ2v) is 28.1. The maximum Gasteiger partial charge on any atom is 0.409 e. The molecule has 9 aromatic rings. The molecule has 0 saturated carbocycles. The average Bonchev–Trinajstić information content (AvgIpc) is 1.79. The number of hydrogen-bond acceptors (Lipinski definition) is 21. The molecule has 2 amide bonds. The standard InChI is InChI=1S/C23H28N4O3S.C21H26N4O3S2.C21H24N4O3S/c1-14(2)12-30-23(29)24-16-8-10-27(11-9-16)21-19-15(3)13-31-22(19)26-20(25-21)17-6-4-5-7-18(17)28;1-3-4-13-30(27,28)25-11-9-24(10-12-25)20-18-15(2)14-29-21(18)23-19(22-20)16-7-5-6-8-17(16)26;1-14(2)13-28-21(27)25-10-8-24(9-11-25)19-16-7-12-29-20(16)23-18(22-19)15-5-3-4-6-17(15)26/h4-7,13-14,16,28H,8-12H2,1-3H3,(H,24,29);5-8,14,26H,3-4,9-13H2,1-2H3;3-7,12,14,26H,8-11,13H2,1-2H3. The smallest absolute Gasteiger partial charge is 0.409 e. The van der Waals surface area contributed by atoms with E-state index in [2.05, 4.69) is 47.7 Å². The molecule has 9 heterocycles. The van der Waals surface area contributed by atoms with Gasteiger partial charge in [-0.15, -0.1) is 34.0 Å². The van der Waals surface area contributed by atoms with E-state index in [9.17, 15) is 33.3 Å². The number of phenols is 3. The van der Waals surface area contributed by atoms with Crippen molar-refractivity contribution in [2.75, 3.05) is 99.1 Å². The van der Waals surface area contributed by atoms with Crippen LogP contribution in [0.15, 0.2) is 95.0 Å². The Morgan fingerprint density at radius 3 is 1.51 bits per heavy atom. The maximum atomic E-state index is 12.5. The average molecular weight is 1300 g/mol. The van der Waals surface area contributed by atoms with Gasteiger partial charge < -0.3 is 49.7 Å². The number of aromatic hydroxyl groups is 3. The zero-order valence-corrected chi connectivity index (χ0v) is 55.1. The number of anilines is 3. The minimum atomic E-state index is -3.20. The van der Waals surface area contributed by atoms with Crippen molar-refractivity contribution in [1.82, 2.24) is 44.4 Å². The van der Waals surface area contributed by atoms with Crippen molar-refractivity contribution in [2.45, 2.75) is 80.2 Å². The van der Waals surface area contributed by atoms with Crippen molar-refractivity contribution in [3.63, 3.8) is 0 Å². The third-order valence-electron chi connectivity index (χ3n) is 15.7. The molecular formula is C65H78N12O9S4. The fourth-order valence-electron chi connectivity index (χ4n) is 10.8. The number of rotatable bonds is 15. The Labute approximate surface area is 537 Å². The molecule has 0 spiro atoms. The van der Waals surface area contributed by atoms with Crippen LogP contribution in [0.3, 0.4) is 0 Å². The lowest BCUT2D eigenvalue weighted by Gasteiger charge is -2.35. The first-order chi connectivity index (χ1) is 43.3. The summed E-state index contributed by atoms with van der Waals surface area (Å²) in [6, 6.07) is 23.4. The summed E-state index contributed by atoms with van der Waals surface area (Å²) in [5.74, 6) is 5.37. The van der Waals surface area contributed by atoms with E-state index in [-0.39, 0.29) is 41.2 Å². The topological polar surface area (TPSA) is 253 Å². The number of aryl methyl sites for hydroxylation is 2. The number of amides is 2. The number of unbranched alkanes of at least 4 members (excludes halogenated alkanes) is 1. The summed E-state index contributed by atoms with van der Waals surface area (Å²) < 4.78 is 37.3. The number of carbonyl (C=O) groups excluding carboxylic acids is 2. The largest absolute Gasteiger partial charge is 0.507 e. The van der Waals surface area contributed by atoms with Crippen molar-refractivity contribution in [3.8, 4) is 51.4 Å². The summed E-state index contributed by atoms with van der Waals surface area (Å²) in [4.78, 5) is 63.7. The second kappa shape index (κ2) is 29.3. The molecule has 0 aliphatic carbocycles. The number of phenolic OH excluding ortho intramolecular Hbond substituents is 3. The van der Waals surface area contributed by atoms with Gasteiger partial charge in [0.1, 0.15) is 49.2 Å². The fourth-order valence-corrected chi connectivity index (χ4v) is 15.0. The molecule has 25 heteroatoms. The van der Waals surface area contributed by atoms with E-state index in [1.165, 1.54) is 0 Å². The van der Waals surface area contributed by atoms with Crippen LogP contribution >= 0.6 is 34.0 Å². The minimum Gasteiger partial charge on any atom is -0.507 e.